The Balaban J connectivity index is 1.32. The second-order valence-electron chi connectivity index (χ2n) is 10.9. The van der Waals surface area contributed by atoms with Gasteiger partial charge in [-0.25, -0.2) is 4.98 Å². The first-order valence-electron chi connectivity index (χ1n) is 13.4. The topological polar surface area (TPSA) is 31.0 Å². The molecule has 0 saturated heterocycles. The second kappa shape index (κ2) is 8.05. The van der Waals surface area contributed by atoms with Crippen molar-refractivity contribution in [2.75, 3.05) is 0 Å². The summed E-state index contributed by atoms with van der Waals surface area (Å²) in [5.74, 6) is 0.937. The SMILES string of the molecule is CC1(C)c2cc(-c3cnc(-c4ccccc4)n3-c3ccccc3)ccc2-c2cc3oc4ccccc4c3cc21. The third-order valence-corrected chi connectivity index (χ3v) is 8.28. The smallest absolute Gasteiger partial charge is 0.144 e. The fourth-order valence-electron chi connectivity index (χ4n) is 6.30. The molecule has 1 aliphatic rings. The fraction of sp³-hybridized carbons (Fsp3) is 0.0833. The highest BCUT2D eigenvalue weighted by molar-refractivity contribution is 6.07. The molecular formula is C36H26N2O. The van der Waals surface area contributed by atoms with Gasteiger partial charge in [0.25, 0.3) is 0 Å². The van der Waals surface area contributed by atoms with Crippen LogP contribution in [-0.2, 0) is 5.41 Å². The van der Waals surface area contributed by atoms with Crippen LogP contribution in [0.2, 0.25) is 0 Å². The molecule has 5 aromatic carbocycles. The van der Waals surface area contributed by atoms with E-state index >= 15 is 0 Å². The number of imidazole rings is 1. The third kappa shape index (κ3) is 3.20. The fourth-order valence-corrected chi connectivity index (χ4v) is 6.30. The van der Waals surface area contributed by atoms with E-state index in [4.69, 9.17) is 9.40 Å². The standard InChI is InChI=1S/C36H26N2O/c1-36(2)30-19-24(32-22-37-35(23-11-5-3-6-12-23)38(32)25-13-7-4-8-14-25)17-18-26(30)28-21-34-29(20-31(28)36)27-15-9-10-16-33(27)39-34/h3-22H,1-2H3. The molecule has 0 fully saturated rings. The van der Waals surface area contributed by atoms with Gasteiger partial charge in [0, 0.05) is 33.0 Å². The van der Waals surface area contributed by atoms with E-state index in [1.54, 1.807) is 0 Å². The molecule has 0 bridgehead atoms. The van der Waals surface area contributed by atoms with Crippen molar-refractivity contribution in [3.63, 3.8) is 0 Å². The Morgan fingerprint density at radius 2 is 1.33 bits per heavy atom. The highest BCUT2D eigenvalue weighted by Gasteiger charge is 2.36. The third-order valence-electron chi connectivity index (χ3n) is 8.28. The molecule has 2 aromatic heterocycles. The van der Waals surface area contributed by atoms with Crippen LogP contribution in [0.1, 0.15) is 25.0 Å². The zero-order valence-corrected chi connectivity index (χ0v) is 21.8. The van der Waals surface area contributed by atoms with Crippen molar-refractivity contribution in [3.8, 4) is 39.5 Å². The van der Waals surface area contributed by atoms with Crippen molar-refractivity contribution in [1.29, 1.82) is 0 Å². The Bertz CT molecular complexity index is 2030. The van der Waals surface area contributed by atoms with Crippen molar-refractivity contribution >= 4 is 21.9 Å². The first kappa shape index (κ1) is 22.1. The Morgan fingerprint density at radius 1 is 0.615 bits per heavy atom. The minimum Gasteiger partial charge on any atom is -0.456 e. The summed E-state index contributed by atoms with van der Waals surface area (Å²) in [6.45, 7) is 4.67. The van der Waals surface area contributed by atoms with E-state index in [1.165, 1.54) is 33.0 Å². The van der Waals surface area contributed by atoms with Gasteiger partial charge in [-0.05, 0) is 58.7 Å². The van der Waals surface area contributed by atoms with Crippen LogP contribution in [-0.4, -0.2) is 9.55 Å². The molecule has 0 amide bonds. The summed E-state index contributed by atoms with van der Waals surface area (Å²) in [7, 11) is 0. The normalized spacial score (nSPS) is 13.6. The van der Waals surface area contributed by atoms with Crippen LogP contribution in [0.3, 0.4) is 0 Å². The van der Waals surface area contributed by atoms with Crippen molar-refractivity contribution in [2.45, 2.75) is 19.3 Å². The molecule has 0 unspecified atom stereocenters. The molecule has 39 heavy (non-hydrogen) atoms. The van der Waals surface area contributed by atoms with Crippen molar-refractivity contribution < 1.29 is 4.42 Å². The van der Waals surface area contributed by atoms with Gasteiger partial charge in [0.2, 0.25) is 0 Å². The van der Waals surface area contributed by atoms with Crippen LogP contribution < -0.4 is 0 Å². The molecule has 3 nitrogen and oxygen atoms in total. The quantitative estimate of drug-likeness (QED) is 0.241. The monoisotopic (exact) mass is 502 g/mol. The molecule has 0 radical (unpaired) electrons. The summed E-state index contributed by atoms with van der Waals surface area (Å²) < 4.78 is 8.52. The van der Waals surface area contributed by atoms with Crippen molar-refractivity contribution in [2.24, 2.45) is 0 Å². The lowest BCUT2D eigenvalue weighted by Crippen LogP contribution is -2.15. The highest BCUT2D eigenvalue weighted by Crippen LogP contribution is 2.51. The van der Waals surface area contributed by atoms with E-state index in [0.717, 1.165) is 39.5 Å². The zero-order valence-electron chi connectivity index (χ0n) is 21.8. The molecule has 186 valence electrons. The number of furan rings is 1. The van der Waals surface area contributed by atoms with Crippen LogP contribution in [0.4, 0.5) is 0 Å². The minimum absolute atomic E-state index is 0.146. The number of hydrogen-bond donors (Lipinski definition) is 0. The van der Waals surface area contributed by atoms with Crippen molar-refractivity contribution in [3.05, 3.63) is 133 Å². The molecule has 0 N–H and O–H groups in total. The molecule has 7 aromatic rings. The summed E-state index contributed by atoms with van der Waals surface area (Å²) >= 11 is 0. The summed E-state index contributed by atoms with van der Waals surface area (Å²) in [5.41, 5.74) is 11.4. The van der Waals surface area contributed by atoms with E-state index < -0.39 is 0 Å². The zero-order chi connectivity index (χ0) is 26.1. The van der Waals surface area contributed by atoms with Crippen molar-refractivity contribution in [1.82, 2.24) is 9.55 Å². The number of benzene rings is 5. The van der Waals surface area contributed by atoms with Gasteiger partial charge in [-0.1, -0.05) is 92.7 Å². The lowest BCUT2D eigenvalue weighted by Gasteiger charge is -2.22. The largest absolute Gasteiger partial charge is 0.456 e. The maximum atomic E-state index is 6.25. The first-order valence-corrected chi connectivity index (χ1v) is 13.4. The summed E-state index contributed by atoms with van der Waals surface area (Å²) in [6, 6.07) is 40.7. The van der Waals surface area contributed by atoms with Crippen LogP contribution in [0.25, 0.3) is 61.4 Å². The van der Waals surface area contributed by atoms with Gasteiger partial charge in [0.05, 0.1) is 11.9 Å². The molecule has 0 aliphatic heterocycles. The lowest BCUT2D eigenvalue weighted by molar-refractivity contribution is 0.658. The summed E-state index contributed by atoms with van der Waals surface area (Å²) in [4.78, 5) is 4.92. The van der Waals surface area contributed by atoms with E-state index in [1.807, 2.05) is 24.4 Å². The van der Waals surface area contributed by atoms with E-state index in [-0.39, 0.29) is 5.41 Å². The Morgan fingerprint density at radius 3 is 2.15 bits per heavy atom. The van der Waals surface area contributed by atoms with Gasteiger partial charge in [0.15, 0.2) is 0 Å². The molecule has 1 aliphatic carbocycles. The number of hydrogen-bond acceptors (Lipinski definition) is 2. The maximum Gasteiger partial charge on any atom is 0.144 e. The number of aromatic nitrogens is 2. The molecule has 3 heteroatoms. The van der Waals surface area contributed by atoms with E-state index in [2.05, 4.69) is 115 Å². The Hall–Kier alpha value is -4.89. The maximum absolute atomic E-state index is 6.25. The van der Waals surface area contributed by atoms with Gasteiger partial charge in [0.1, 0.15) is 17.0 Å². The molecule has 2 heterocycles. The molecule has 0 spiro atoms. The Labute approximate surface area is 227 Å². The minimum atomic E-state index is -0.146. The average molecular weight is 503 g/mol. The summed E-state index contributed by atoms with van der Waals surface area (Å²) in [6.07, 6.45) is 2.01. The van der Waals surface area contributed by atoms with Gasteiger partial charge in [-0.2, -0.15) is 0 Å². The second-order valence-corrected chi connectivity index (χ2v) is 10.9. The van der Waals surface area contributed by atoms with E-state index in [0.29, 0.717) is 0 Å². The summed E-state index contributed by atoms with van der Waals surface area (Å²) in [5, 5.41) is 2.35. The average Bonchev–Trinajstić information content (AvgIpc) is 3.64. The van der Waals surface area contributed by atoms with E-state index in [9.17, 15) is 0 Å². The van der Waals surface area contributed by atoms with Gasteiger partial charge < -0.3 is 4.42 Å². The molecular weight excluding hydrogens is 476 g/mol. The van der Waals surface area contributed by atoms with Gasteiger partial charge in [-0.15, -0.1) is 0 Å². The number of rotatable bonds is 3. The van der Waals surface area contributed by atoms with Gasteiger partial charge >= 0.3 is 0 Å². The number of para-hydroxylation sites is 2. The van der Waals surface area contributed by atoms with Crippen LogP contribution >= 0.6 is 0 Å². The predicted molar refractivity (Wildman–Crippen MR) is 159 cm³/mol. The van der Waals surface area contributed by atoms with Crippen LogP contribution in [0.5, 0.6) is 0 Å². The molecule has 0 atom stereocenters. The molecule has 0 saturated carbocycles. The highest BCUT2D eigenvalue weighted by atomic mass is 16.3. The Kier molecular flexibility index (Phi) is 4.57. The van der Waals surface area contributed by atoms with Crippen LogP contribution in [0.15, 0.2) is 126 Å². The molecule has 8 rings (SSSR count). The number of fused-ring (bicyclic) bond motifs is 6. The first-order chi connectivity index (χ1) is 19.1. The lowest BCUT2D eigenvalue weighted by atomic mass is 9.81. The van der Waals surface area contributed by atoms with Gasteiger partial charge in [-0.3, -0.25) is 4.57 Å². The predicted octanol–water partition coefficient (Wildman–Crippen LogP) is 9.41. The van der Waals surface area contributed by atoms with Crippen LogP contribution in [0, 0.1) is 0 Å². The number of nitrogens with zero attached hydrogens (tertiary/aromatic N) is 2.